The fraction of sp³-hybridized carbons (Fsp3) is 0.430. The van der Waals surface area contributed by atoms with Gasteiger partial charge in [0.25, 0.3) is 0 Å². The summed E-state index contributed by atoms with van der Waals surface area (Å²) in [6.07, 6.45) is 27.8. The molecule has 2 spiro atoms. The van der Waals surface area contributed by atoms with Crippen LogP contribution in [0.5, 0.6) is 5.75 Å². The second kappa shape index (κ2) is 22.1. The molecule has 438 valence electrons. The van der Waals surface area contributed by atoms with Crippen molar-refractivity contribution in [3.05, 3.63) is 174 Å². The van der Waals surface area contributed by atoms with Crippen LogP contribution in [0.4, 0.5) is 0 Å². The van der Waals surface area contributed by atoms with Gasteiger partial charge in [0.1, 0.15) is 11.9 Å². The molecule has 0 amide bonds. The van der Waals surface area contributed by atoms with E-state index in [1.165, 1.54) is 182 Å². The second-order valence-corrected chi connectivity index (χ2v) is 31.4. The van der Waals surface area contributed by atoms with Crippen molar-refractivity contribution in [2.24, 2.45) is 21.7 Å². The van der Waals surface area contributed by atoms with E-state index < -0.39 is 6.10 Å². The lowest BCUT2D eigenvalue weighted by Crippen LogP contribution is -2.60. The molecule has 6 aliphatic rings. The molecule has 6 aliphatic carbocycles. The molecule has 3 aromatic heterocycles. The van der Waals surface area contributed by atoms with Crippen LogP contribution in [0.1, 0.15) is 190 Å². The summed E-state index contributed by atoms with van der Waals surface area (Å²) in [5, 5.41) is 0. The quantitative estimate of drug-likeness (QED) is 0.0460. The minimum atomic E-state index is -0.391. The SMILES string of the molecule is C=CC(C=C)OC(=O)CCCCCCCCCCOc1ccc(-c2ccc(-c3ccc4c(c3)C3(c5cc(-c6ccc7c(c6)C6(c8cc(-c9cc%10sc(C)cc%10s9)ccc8-7)C7(C)CCCC6(C)CCC7)ccc5-4)C4(C)CCCC3(C)CCC4)s2)cc1. The van der Waals surface area contributed by atoms with E-state index >= 15 is 0 Å². The Hall–Kier alpha value is -5.79. The Morgan fingerprint density at radius 3 is 1.33 bits per heavy atom. The predicted molar refractivity (Wildman–Crippen MR) is 362 cm³/mol. The molecule has 0 radical (unpaired) electrons. The fourth-order valence-corrected chi connectivity index (χ4v) is 22.7. The number of ether oxygens (including phenoxy) is 2. The van der Waals surface area contributed by atoms with E-state index in [0.717, 1.165) is 38.0 Å². The largest absolute Gasteiger partial charge is 0.494 e. The van der Waals surface area contributed by atoms with Gasteiger partial charge in [-0.15, -0.1) is 34.0 Å². The number of fused-ring (bicyclic) bond motifs is 7. The van der Waals surface area contributed by atoms with Crippen LogP contribution in [0.25, 0.3) is 74.1 Å². The molecule has 8 aromatic rings. The van der Waals surface area contributed by atoms with Crippen LogP contribution in [-0.2, 0) is 20.4 Å². The van der Waals surface area contributed by atoms with Crippen molar-refractivity contribution in [1.82, 2.24) is 0 Å². The number of unbranched alkanes of at least 4 members (excludes halogenated alkanes) is 7. The Kier molecular flexibility index (Phi) is 14.8. The number of benzene rings is 5. The summed E-state index contributed by atoms with van der Waals surface area (Å²) in [6.45, 7) is 21.2. The maximum atomic E-state index is 12.0. The lowest BCUT2D eigenvalue weighted by atomic mass is 9.38. The van der Waals surface area contributed by atoms with E-state index in [-0.39, 0.29) is 38.5 Å². The Labute approximate surface area is 519 Å². The highest BCUT2D eigenvalue weighted by Crippen LogP contribution is 2.76. The van der Waals surface area contributed by atoms with Crippen molar-refractivity contribution >= 4 is 49.4 Å². The van der Waals surface area contributed by atoms with Crippen molar-refractivity contribution < 1.29 is 14.3 Å². The summed E-state index contributed by atoms with van der Waals surface area (Å²) in [6, 6.07) is 49.2. The number of carbonyl (C=O) groups excluding carboxylic acids is 1. The Morgan fingerprint density at radius 2 is 0.859 bits per heavy atom. The first-order chi connectivity index (χ1) is 41.2. The van der Waals surface area contributed by atoms with Gasteiger partial charge in [-0.25, -0.2) is 0 Å². The number of thiophene rings is 3. The standard InChI is InChI=1S/C79H86O3S3/c1-8-58(9-2)82-73(80)22-16-14-12-10-11-13-15-17-45-81-59-29-23-53(24-30-59)68-35-36-69(84-68)56-27-33-62-60-31-25-54(47-64(60)78(66(62)49-56)74(4)37-18-39-75(78,5)40-19-38-74)55-26-32-61-63-34-28-57(70-51-72-71(85-70)46-52(3)83-72)50-67(63)79(65(61)48-55)76(6)41-20-43-77(79,7)44-21-42-76/h8-9,23-36,46-51,58H,1-2,10-22,37-45H2,3-7H3. The number of aryl methyl sites for hydroxylation is 1. The van der Waals surface area contributed by atoms with Crippen LogP contribution in [-0.4, -0.2) is 18.7 Å². The van der Waals surface area contributed by atoms with Crippen LogP contribution < -0.4 is 4.74 Å². The summed E-state index contributed by atoms with van der Waals surface area (Å²) >= 11 is 5.84. The topological polar surface area (TPSA) is 35.5 Å². The number of hydrogen-bond donors (Lipinski definition) is 0. The Morgan fingerprint density at radius 1 is 0.459 bits per heavy atom. The number of carbonyl (C=O) groups is 1. The number of rotatable bonds is 19. The number of hydrogen-bond acceptors (Lipinski definition) is 6. The van der Waals surface area contributed by atoms with Gasteiger partial charge in [0.2, 0.25) is 0 Å². The fourth-order valence-electron chi connectivity index (χ4n) is 19.3. The first-order valence-electron chi connectivity index (χ1n) is 32.6. The molecule has 4 fully saturated rings. The average molecular weight is 1180 g/mol. The third-order valence-corrected chi connectivity index (χ3v) is 26.4. The minimum Gasteiger partial charge on any atom is -0.494 e. The molecule has 0 unspecified atom stereocenters. The van der Waals surface area contributed by atoms with Crippen LogP contribution in [0, 0.1) is 28.6 Å². The molecule has 4 bridgehead atoms. The lowest BCUT2D eigenvalue weighted by molar-refractivity contribution is -0.145. The molecule has 4 saturated carbocycles. The zero-order valence-electron chi connectivity index (χ0n) is 51.2. The van der Waals surface area contributed by atoms with Crippen molar-refractivity contribution in [3.63, 3.8) is 0 Å². The molecule has 5 aromatic carbocycles. The van der Waals surface area contributed by atoms with Gasteiger partial charge in [-0.3, -0.25) is 4.79 Å². The Bertz CT molecular complexity index is 3780. The zero-order valence-corrected chi connectivity index (χ0v) is 53.6. The monoisotopic (exact) mass is 1180 g/mol. The van der Waals surface area contributed by atoms with E-state index in [4.69, 9.17) is 9.47 Å². The van der Waals surface area contributed by atoms with Gasteiger partial charge < -0.3 is 9.47 Å². The molecule has 85 heavy (non-hydrogen) atoms. The maximum absolute atomic E-state index is 12.0. The predicted octanol–water partition coefficient (Wildman–Crippen LogP) is 23.5. The molecule has 0 atom stereocenters. The van der Waals surface area contributed by atoms with Gasteiger partial charge in [-0.1, -0.05) is 154 Å². The van der Waals surface area contributed by atoms with E-state index in [1.807, 2.05) is 34.0 Å². The Balaban J connectivity index is 0.718. The summed E-state index contributed by atoms with van der Waals surface area (Å²) in [5.41, 5.74) is 19.6. The maximum Gasteiger partial charge on any atom is 0.306 e. The summed E-state index contributed by atoms with van der Waals surface area (Å²) in [5.74, 6) is 0.775. The molecule has 3 nitrogen and oxygen atoms in total. The third kappa shape index (κ3) is 9.12. The van der Waals surface area contributed by atoms with Gasteiger partial charge >= 0.3 is 5.97 Å². The minimum absolute atomic E-state index is 0.0441. The average Bonchev–Trinajstić information content (AvgIpc) is 1.59. The smallest absolute Gasteiger partial charge is 0.306 e. The van der Waals surface area contributed by atoms with E-state index in [9.17, 15) is 4.79 Å². The second-order valence-electron chi connectivity index (χ2n) is 27.9. The zero-order chi connectivity index (χ0) is 58.3. The van der Waals surface area contributed by atoms with Gasteiger partial charge in [0.15, 0.2) is 0 Å². The molecule has 0 saturated heterocycles. The highest BCUT2D eigenvalue weighted by Gasteiger charge is 2.68. The van der Waals surface area contributed by atoms with Gasteiger partial charge in [0, 0.05) is 46.2 Å². The lowest BCUT2D eigenvalue weighted by Gasteiger charge is -2.65. The van der Waals surface area contributed by atoms with Crippen molar-refractivity contribution in [2.45, 2.75) is 186 Å². The molecule has 14 rings (SSSR count). The summed E-state index contributed by atoms with van der Waals surface area (Å²) in [7, 11) is 0. The van der Waals surface area contributed by atoms with E-state index in [1.54, 1.807) is 34.4 Å². The molecule has 0 N–H and O–H groups in total. The molecule has 0 aliphatic heterocycles. The first-order valence-corrected chi connectivity index (χ1v) is 35.1. The molecular formula is C79H86O3S3. The molecule has 6 heteroatoms. The normalized spacial score (nSPS) is 25.9. The first kappa shape index (κ1) is 57.0. The van der Waals surface area contributed by atoms with E-state index in [2.05, 4.69) is 169 Å². The van der Waals surface area contributed by atoms with Crippen molar-refractivity contribution in [2.75, 3.05) is 6.61 Å². The molecule has 3 heterocycles. The highest BCUT2D eigenvalue weighted by atomic mass is 32.1. The van der Waals surface area contributed by atoms with Crippen LogP contribution >= 0.6 is 34.0 Å². The van der Waals surface area contributed by atoms with Crippen LogP contribution in [0.15, 0.2) is 147 Å². The molecular weight excluding hydrogens is 1090 g/mol. The number of esters is 1. The van der Waals surface area contributed by atoms with Crippen molar-refractivity contribution in [1.29, 1.82) is 0 Å². The summed E-state index contributed by atoms with van der Waals surface area (Å²) < 4.78 is 14.4. The summed E-state index contributed by atoms with van der Waals surface area (Å²) in [4.78, 5) is 17.5. The van der Waals surface area contributed by atoms with E-state index in [0.29, 0.717) is 6.42 Å². The van der Waals surface area contributed by atoms with Gasteiger partial charge in [0.05, 0.1) is 6.61 Å². The van der Waals surface area contributed by atoms with Crippen LogP contribution in [0.3, 0.4) is 0 Å². The third-order valence-electron chi connectivity index (χ3n) is 23.0. The van der Waals surface area contributed by atoms with Crippen molar-refractivity contribution in [3.8, 4) is 70.5 Å². The highest BCUT2D eigenvalue weighted by molar-refractivity contribution is 7.29. The van der Waals surface area contributed by atoms with Crippen LogP contribution in [0.2, 0.25) is 0 Å². The van der Waals surface area contributed by atoms with Gasteiger partial charge in [-0.05, 0) is 250 Å². The van der Waals surface area contributed by atoms with Gasteiger partial charge in [-0.2, -0.15) is 0 Å².